The normalized spacial score (nSPS) is 11.1. The van der Waals surface area contributed by atoms with E-state index >= 15 is 0 Å². The van der Waals surface area contributed by atoms with Crippen LogP contribution < -0.4 is 10.6 Å². The summed E-state index contributed by atoms with van der Waals surface area (Å²) in [4.78, 5) is 21.0. The summed E-state index contributed by atoms with van der Waals surface area (Å²) < 4.78 is 22.4. The molecule has 9 heteroatoms. The standard InChI is InChI=1S/C21H21ClN4O3S/c1-30(28,29)12-2-3-17-7-4-15(13-24-17)21(27)26-19-10-11-23-14-20(19)25-18-8-5-16(22)6-9-18/h4-11,13-14,25H,2-3,12H2,1H3,(H,23,26,27). The molecule has 7 nitrogen and oxygen atoms in total. The molecule has 2 heterocycles. The van der Waals surface area contributed by atoms with E-state index in [4.69, 9.17) is 11.6 Å². The first-order valence-electron chi connectivity index (χ1n) is 9.21. The summed E-state index contributed by atoms with van der Waals surface area (Å²) in [5, 5.41) is 6.69. The molecule has 1 aromatic carbocycles. The van der Waals surface area contributed by atoms with Gasteiger partial charge in [-0.05, 0) is 55.3 Å². The molecule has 0 radical (unpaired) electrons. The molecular formula is C21H21ClN4O3S. The smallest absolute Gasteiger partial charge is 0.257 e. The minimum absolute atomic E-state index is 0.113. The fourth-order valence-corrected chi connectivity index (χ4v) is 3.50. The average Bonchev–Trinajstić information content (AvgIpc) is 2.71. The number of carbonyl (C=O) groups excluding carboxylic acids is 1. The molecule has 0 aliphatic rings. The van der Waals surface area contributed by atoms with Crippen LogP contribution >= 0.6 is 11.6 Å². The van der Waals surface area contributed by atoms with Crippen LogP contribution in [0, 0.1) is 0 Å². The topological polar surface area (TPSA) is 101 Å². The van der Waals surface area contributed by atoms with Crippen LogP contribution in [0.4, 0.5) is 17.1 Å². The first kappa shape index (κ1) is 21.7. The molecule has 0 aliphatic heterocycles. The van der Waals surface area contributed by atoms with E-state index in [1.54, 1.807) is 42.7 Å². The first-order chi connectivity index (χ1) is 14.3. The van der Waals surface area contributed by atoms with Gasteiger partial charge < -0.3 is 10.6 Å². The number of aromatic nitrogens is 2. The second-order valence-corrected chi connectivity index (χ2v) is 9.48. The van der Waals surface area contributed by atoms with Gasteiger partial charge in [0.05, 0.1) is 28.9 Å². The molecule has 0 saturated heterocycles. The molecule has 3 aromatic rings. The number of hydrogen-bond donors (Lipinski definition) is 2. The molecule has 156 valence electrons. The number of aryl methyl sites for hydroxylation is 1. The van der Waals surface area contributed by atoms with Gasteiger partial charge in [0.25, 0.3) is 5.91 Å². The molecule has 3 rings (SSSR count). The maximum atomic E-state index is 12.6. The lowest BCUT2D eigenvalue weighted by Crippen LogP contribution is -2.14. The van der Waals surface area contributed by atoms with Gasteiger partial charge in [0.1, 0.15) is 9.84 Å². The maximum Gasteiger partial charge on any atom is 0.257 e. The van der Waals surface area contributed by atoms with Gasteiger partial charge in [-0.1, -0.05) is 11.6 Å². The van der Waals surface area contributed by atoms with Gasteiger partial charge in [0.15, 0.2) is 0 Å². The Morgan fingerprint density at radius 2 is 1.80 bits per heavy atom. The van der Waals surface area contributed by atoms with Crippen molar-refractivity contribution in [2.45, 2.75) is 12.8 Å². The van der Waals surface area contributed by atoms with Crippen LogP contribution in [0.5, 0.6) is 0 Å². The van der Waals surface area contributed by atoms with Gasteiger partial charge in [-0.15, -0.1) is 0 Å². The average molecular weight is 445 g/mol. The lowest BCUT2D eigenvalue weighted by Gasteiger charge is -2.13. The van der Waals surface area contributed by atoms with E-state index < -0.39 is 9.84 Å². The minimum atomic E-state index is -2.99. The highest BCUT2D eigenvalue weighted by atomic mass is 35.5. The van der Waals surface area contributed by atoms with E-state index in [-0.39, 0.29) is 11.7 Å². The lowest BCUT2D eigenvalue weighted by molar-refractivity contribution is 0.102. The van der Waals surface area contributed by atoms with Crippen LogP contribution in [0.1, 0.15) is 22.5 Å². The zero-order chi connectivity index (χ0) is 21.6. The Balaban J connectivity index is 1.65. The second kappa shape index (κ2) is 9.69. The van der Waals surface area contributed by atoms with Gasteiger partial charge >= 0.3 is 0 Å². The molecular weight excluding hydrogens is 424 g/mol. The van der Waals surface area contributed by atoms with E-state index in [2.05, 4.69) is 20.6 Å². The summed E-state index contributed by atoms with van der Waals surface area (Å²) in [5.41, 5.74) is 3.16. The van der Waals surface area contributed by atoms with Crippen molar-refractivity contribution in [2.24, 2.45) is 0 Å². The lowest BCUT2D eigenvalue weighted by atomic mass is 10.2. The highest BCUT2D eigenvalue weighted by Crippen LogP contribution is 2.25. The summed E-state index contributed by atoms with van der Waals surface area (Å²) in [6.07, 6.45) is 6.93. The summed E-state index contributed by atoms with van der Waals surface area (Å²) >= 11 is 5.91. The monoisotopic (exact) mass is 444 g/mol. The number of carbonyl (C=O) groups is 1. The number of nitrogens with zero attached hydrogens (tertiary/aromatic N) is 2. The Labute approximate surface area is 180 Å². The Bertz CT molecular complexity index is 1120. The Hall–Kier alpha value is -2.97. The van der Waals surface area contributed by atoms with Gasteiger partial charge in [-0.2, -0.15) is 0 Å². The van der Waals surface area contributed by atoms with Gasteiger partial charge in [0, 0.05) is 35.1 Å². The van der Waals surface area contributed by atoms with Gasteiger partial charge in [-0.25, -0.2) is 8.42 Å². The molecule has 2 aromatic heterocycles. The Morgan fingerprint density at radius 3 is 2.47 bits per heavy atom. The SMILES string of the molecule is CS(=O)(=O)CCCc1ccc(C(=O)Nc2ccncc2Nc2ccc(Cl)cc2)cn1. The van der Waals surface area contributed by atoms with Gasteiger partial charge in [-0.3, -0.25) is 14.8 Å². The van der Waals surface area contributed by atoms with Crippen molar-refractivity contribution in [3.8, 4) is 0 Å². The third-order valence-corrected chi connectivity index (χ3v) is 5.51. The number of amides is 1. The van der Waals surface area contributed by atoms with Crippen LogP contribution in [0.25, 0.3) is 0 Å². The van der Waals surface area contributed by atoms with E-state index in [9.17, 15) is 13.2 Å². The molecule has 0 atom stereocenters. The van der Waals surface area contributed by atoms with Crippen molar-refractivity contribution < 1.29 is 13.2 Å². The summed E-state index contributed by atoms with van der Waals surface area (Å²) in [7, 11) is -2.99. The predicted molar refractivity (Wildman–Crippen MR) is 119 cm³/mol. The highest BCUT2D eigenvalue weighted by molar-refractivity contribution is 7.90. The summed E-state index contributed by atoms with van der Waals surface area (Å²) in [6.45, 7) is 0. The van der Waals surface area contributed by atoms with Crippen LogP contribution in [0.15, 0.2) is 61.1 Å². The minimum Gasteiger partial charge on any atom is -0.353 e. The molecule has 0 saturated carbocycles. The molecule has 0 unspecified atom stereocenters. The van der Waals surface area contributed by atoms with Crippen LogP contribution in [-0.2, 0) is 16.3 Å². The third-order valence-electron chi connectivity index (χ3n) is 4.23. The molecule has 2 N–H and O–H groups in total. The summed E-state index contributed by atoms with van der Waals surface area (Å²) in [6, 6.07) is 12.3. The van der Waals surface area contributed by atoms with Crippen molar-refractivity contribution >= 4 is 44.4 Å². The van der Waals surface area contributed by atoms with Crippen LogP contribution in [0.3, 0.4) is 0 Å². The number of benzene rings is 1. The molecule has 30 heavy (non-hydrogen) atoms. The van der Waals surface area contributed by atoms with E-state index in [0.29, 0.717) is 34.8 Å². The zero-order valence-corrected chi connectivity index (χ0v) is 17.9. The molecule has 0 fully saturated rings. The van der Waals surface area contributed by atoms with E-state index in [1.165, 1.54) is 12.5 Å². The number of nitrogens with one attached hydrogen (secondary N) is 2. The quantitative estimate of drug-likeness (QED) is 0.542. The van der Waals surface area contributed by atoms with Crippen molar-refractivity contribution in [3.63, 3.8) is 0 Å². The largest absolute Gasteiger partial charge is 0.353 e. The van der Waals surface area contributed by atoms with Crippen molar-refractivity contribution in [3.05, 3.63) is 77.3 Å². The van der Waals surface area contributed by atoms with E-state index in [1.807, 2.05) is 12.1 Å². The number of hydrogen-bond acceptors (Lipinski definition) is 6. The number of halogens is 1. The van der Waals surface area contributed by atoms with Gasteiger partial charge in [0.2, 0.25) is 0 Å². The van der Waals surface area contributed by atoms with Crippen LogP contribution in [-0.4, -0.2) is 36.3 Å². The van der Waals surface area contributed by atoms with Crippen molar-refractivity contribution in [1.82, 2.24) is 9.97 Å². The number of rotatable bonds is 8. The fraction of sp³-hybridized carbons (Fsp3) is 0.190. The Kier molecular flexibility index (Phi) is 7.02. The maximum absolute atomic E-state index is 12.6. The van der Waals surface area contributed by atoms with Crippen LogP contribution in [0.2, 0.25) is 5.02 Å². The number of sulfone groups is 1. The Morgan fingerprint density at radius 1 is 1.03 bits per heavy atom. The number of pyridine rings is 2. The highest BCUT2D eigenvalue weighted by Gasteiger charge is 2.11. The molecule has 0 bridgehead atoms. The first-order valence-corrected chi connectivity index (χ1v) is 11.6. The predicted octanol–water partition coefficient (Wildman–Crippen LogP) is 4.10. The van der Waals surface area contributed by atoms with E-state index in [0.717, 1.165) is 11.4 Å². The molecule has 1 amide bonds. The van der Waals surface area contributed by atoms with Crippen molar-refractivity contribution in [1.29, 1.82) is 0 Å². The van der Waals surface area contributed by atoms with Crippen molar-refractivity contribution in [2.75, 3.05) is 22.6 Å². The molecule has 0 spiro atoms. The number of anilines is 3. The summed E-state index contributed by atoms with van der Waals surface area (Å²) in [5.74, 6) is -0.196. The third kappa shape index (κ3) is 6.53. The zero-order valence-electron chi connectivity index (χ0n) is 16.3. The second-order valence-electron chi connectivity index (χ2n) is 6.78. The molecule has 0 aliphatic carbocycles. The fourth-order valence-electron chi connectivity index (χ4n) is 2.71.